The number of benzene rings is 6. The largest absolute Gasteiger partial charge is 0.489 e. The molecule has 0 bridgehead atoms. The zero-order valence-corrected chi connectivity index (χ0v) is 27.6. The first-order valence-electron chi connectivity index (χ1n) is 16.1. The van der Waals surface area contributed by atoms with Crippen molar-refractivity contribution < 1.29 is 18.9 Å². The van der Waals surface area contributed by atoms with Gasteiger partial charge in [0.05, 0.1) is 10.1 Å². The second-order valence-electron chi connectivity index (χ2n) is 11.5. The lowest BCUT2D eigenvalue weighted by molar-refractivity contribution is 0.291. The number of ether oxygens (including phenoxy) is 4. The quantitative estimate of drug-likeness (QED) is 0.123. The highest BCUT2D eigenvalue weighted by atomic mass is 32.1. The van der Waals surface area contributed by atoms with Gasteiger partial charge < -0.3 is 18.9 Å². The molecule has 0 N–H and O–H groups in total. The van der Waals surface area contributed by atoms with Crippen molar-refractivity contribution in [2.75, 3.05) is 0 Å². The van der Waals surface area contributed by atoms with Gasteiger partial charge in [-0.3, -0.25) is 4.79 Å². The van der Waals surface area contributed by atoms with Crippen LogP contribution in [0.2, 0.25) is 0 Å². The van der Waals surface area contributed by atoms with Crippen LogP contribution in [0, 0.1) is 0 Å². The summed E-state index contributed by atoms with van der Waals surface area (Å²) in [5, 5.41) is 0.491. The summed E-state index contributed by atoms with van der Waals surface area (Å²) in [5.74, 6) is 2.42. The first-order chi connectivity index (χ1) is 24.2. The molecule has 7 rings (SSSR count). The Morgan fingerprint density at radius 1 is 0.429 bits per heavy atom. The van der Waals surface area contributed by atoms with E-state index in [2.05, 4.69) is 0 Å². The Morgan fingerprint density at radius 2 is 0.878 bits per heavy atom. The van der Waals surface area contributed by atoms with Crippen molar-refractivity contribution >= 4 is 21.4 Å². The Kier molecular flexibility index (Phi) is 9.95. The van der Waals surface area contributed by atoms with Gasteiger partial charge in [0.25, 0.3) is 0 Å². The normalized spacial score (nSPS) is 10.9. The Balaban J connectivity index is 1.27. The third-order valence-corrected chi connectivity index (χ3v) is 9.15. The van der Waals surface area contributed by atoms with E-state index in [4.69, 9.17) is 18.9 Å². The molecule has 1 aromatic heterocycles. The van der Waals surface area contributed by atoms with Crippen LogP contribution < -0.4 is 24.4 Å². The highest BCUT2D eigenvalue weighted by Gasteiger charge is 2.18. The van der Waals surface area contributed by atoms with E-state index in [0.29, 0.717) is 59.5 Å². The number of fused-ring (bicyclic) bond motifs is 1. The minimum atomic E-state index is -0.157. The van der Waals surface area contributed by atoms with Gasteiger partial charge in [0.1, 0.15) is 49.4 Å². The average Bonchev–Trinajstić information content (AvgIpc) is 3.16. The van der Waals surface area contributed by atoms with Crippen molar-refractivity contribution in [3.05, 3.63) is 190 Å². The zero-order valence-electron chi connectivity index (χ0n) is 26.8. The van der Waals surface area contributed by atoms with Gasteiger partial charge in [0.2, 0.25) is 0 Å². The summed E-state index contributed by atoms with van der Waals surface area (Å²) in [6, 6.07) is 51.1. The summed E-state index contributed by atoms with van der Waals surface area (Å²) >= 11 is 1.48. The molecule has 7 aromatic rings. The third-order valence-electron chi connectivity index (χ3n) is 7.98. The molecule has 0 atom stereocenters. The van der Waals surface area contributed by atoms with Crippen LogP contribution in [0.5, 0.6) is 23.0 Å². The fraction of sp³-hybridized carbons (Fsp3) is 0.0930. The summed E-state index contributed by atoms with van der Waals surface area (Å²) in [4.78, 5) is 14.8. The molecule has 0 aliphatic heterocycles. The van der Waals surface area contributed by atoms with Crippen molar-refractivity contribution in [3.8, 4) is 33.4 Å². The van der Waals surface area contributed by atoms with Crippen molar-refractivity contribution in [2.24, 2.45) is 0 Å². The second-order valence-corrected chi connectivity index (χ2v) is 12.5. The number of rotatable bonds is 13. The summed E-state index contributed by atoms with van der Waals surface area (Å²) in [6.45, 7) is 1.50. The molecular weight excluding hydrogens is 629 g/mol. The van der Waals surface area contributed by atoms with Gasteiger partial charge in [0.15, 0.2) is 5.43 Å². The van der Waals surface area contributed by atoms with E-state index < -0.39 is 0 Å². The van der Waals surface area contributed by atoms with E-state index in [9.17, 15) is 4.79 Å². The molecule has 242 valence electrons. The van der Waals surface area contributed by atoms with Crippen LogP contribution in [-0.2, 0) is 26.4 Å². The molecule has 0 amide bonds. The van der Waals surface area contributed by atoms with E-state index in [1.807, 2.05) is 152 Å². The first-order valence-corrected chi connectivity index (χ1v) is 16.9. The topological polar surface area (TPSA) is 54.0 Å². The van der Waals surface area contributed by atoms with Gasteiger partial charge in [-0.05, 0) is 46.5 Å². The molecule has 49 heavy (non-hydrogen) atoms. The second kappa shape index (κ2) is 15.4. The lowest BCUT2D eigenvalue weighted by Gasteiger charge is -2.16. The summed E-state index contributed by atoms with van der Waals surface area (Å²) < 4.78 is 25.9. The van der Waals surface area contributed by atoms with E-state index in [1.54, 1.807) is 6.07 Å². The number of hydrogen-bond acceptors (Lipinski definition) is 6. The van der Waals surface area contributed by atoms with E-state index >= 15 is 0 Å². The predicted molar refractivity (Wildman–Crippen MR) is 197 cm³/mol. The van der Waals surface area contributed by atoms with E-state index in [1.165, 1.54) is 11.3 Å². The zero-order chi connectivity index (χ0) is 33.3. The van der Waals surface area contributed by atoms with Crippen LogP contribution in [0.25, 0.3) is 20.5 Å². The third kappa shape index (κ3) is 8.00. The summed E-state index contributed by atoms with van der Waals surface area (Å²) in [6.07, 6.45) is 0. The fourth-order valence-corrected chi connectivity index (χ4v) is 6.64. The molecule has 0 spiro atoms. The van der Waals surface area contributed by atoms with Crippen LogP contribution in [-0.4, -0.2) is 0 Å². The van der Waals surface area contributed by atoms with Crippen molar-refractivity contribution in [1.29, 1.82) is 0 Å². The molecular formula is C43H34O5S. The van der Waals surface area contributed by atoms with Crippen molar-refractivity contribution in [2.45, 2.75) is 26.4 Å². The maximum absolute atomic E-state index is 14.1. The Labute approximate surface area is 289 Å². The summed E-state index contributed by atoms with van der Waals surface area (Å²) in [7, 11) is 0. The minimum Gasteiger partial charge on any atom is -0.489 e. The molecule has 0 aliphatic carbocycles. The Morgan fingerprint density at radius 3 is 1.41 bits per heavy atom. The van der Waals surface area contributed by atoms with Crippen molar-refractivity contribution in [1.82, 2.24) is 0 Å². The molecule has 6 aromatic carbocycles. The maximum Gasteiger partial charge on any atom is 0.192 e. The molecule has 0 aliphatic rings. The van der Waals surface area contributed by atoms with Crippen LogP contribution >= 0.6 is 11.3 Å². The van der Waals surface area contributed by atoms with Gasteiger partial charge in [-0.2, -0.15) is 0 Å². The molecule has 0 saturated heterocycles. The van der Waals surface area contributed by atoms with Crippen LogP contribution in [0.4, 0.5) is 0 Å². The molecule has 1 heterocycles. The lowest BCUT2D eigenvalue weighted by atomic mass is 10.1. The van der Waals surface area contributed by atoms with Crippen LogP contribution in [0.1, 0.15) is 22.3 Å². The minimum absolute atomic E-state index is 0.157. The molecule has 0 fully saturated rings. The molecule has 6 heteroatoms. The summed E-state index contributed by atoms with van der Waals surface area (Å²) in [5.41, 5.74) is 4.78. The van der Waals surface area contributed by atoms with Crippen molar-refractivity contribution in [3.63, 3.8) is 0 Å². The Bertz CT molecular complexity index is 2180. The predicted octanol–water partition coefficient (Wildman–Crippen LogP) is 10.2. The highest BCUT2D eigenvalue weighted by Crippen LogP contribution is 2.42. The molecule has 0 unspecified atom stereocenters. The standard InChI is InChI=1S/C43H34O5S/c44-37-26-41(36-22-21-35(45-27-31-13-5-1-6-14-31)25-40(36)48-30-34-19-11-4-12-20-34)49-43-39(47-29-33-17-9-3-10-18-33)24-23-38(42(37)43)46-28-32-15-7-2-8-16-32/h1-26H,27-30H2. The average molecular weight is 663 g/mol. The molecule has 0 saturated carbocycles. The lowest BCUT2D eigenvalue weighted by Crippen LogP contribution is -2.06. The fourth-order valence-electron chi connectivity index (χ4n) is 5.44. The number of hydrogen-bond donors (Lipinski definition) is 0. The Hall–Kier alpha value is -5.85. The van der Waals surface area contributed by atoms with Gasteiger partial charge in [-0.1, -0.05) is 121 Å². The van der Waals surface area contributed by atoms with E-state index in [-0.39, 0.29) is 5.43 Å². The highest BCUT2D eigenvalue weighted by molar-refractivity contribution is 7.22. The maximum atomic E-state index is 14.1. The van der Waals surface area contributed by atoms with Gasteiger partial charge in [-0.25, -0.2) is 0 Å². The van der Waals surface area contributed by atoms with Gasteiger partial charge >= 0.3 is 0 Å². The first kappa shape index (κ1) is 31.7. The van der Waals surface area contributed by atoms with Crippen LogP contribution in [0.15, 0.2) is 163 Å². The van der Waals surface area contributed by atoms with Gasteiger partial charge in [0, 0.05) is 22.6 Å². The molecule has 0 radical (unpaired) electrons. The van der Waals surface area contributed by atoms with Crippen LogP contribution in [0.3, 0.4) is 0 Å². The smallest absolute Gasteiger partial charge is 0.192 e. The monoisotopic (exact) mass is 662 g/mol. The molecule has 5 nitrogen and oxygen atoms in total. The SMILES string of the molecule is O=c1cc(-c2ccc(OCc3ccccc3)cc2OCc2ccccc2)sc2c(OCc3ccccc3)ccc(OCc3ccccc3)c12. The van der Waals surface area contributed by atoms with E-state index in [0.717, 1.165) is 32.7 Å². The van der Waals surface area contributed by atoms with Gasteiger partial charge in [-0.15, -0.1) is 11.3 Å².